The van der Waals surface area contributed by atoms with Crippen molar-refractivity contribution >= 4 is 29.6 Å². The lowest BCUT2D eigenvalue weighted by molar-refractivity contribution is -0.138. The molecule has 0 saturated heterocycles. The molecule has 0 aliphatic heterocycles. The van der Waals surface area contributed by atoms with Crippen LogP contribution in [0.5, 0.6) is 5.75 Å². The number of carbonyl (C=O) groups excluding carboxylic acids is 2. The zero-order chi connectivity index (χ0) is 18.2. The van der Waals surface area contributed by atoms with Crippen molar-refractivity contribution in [2.24, 2.45) is 5.10 Å². The Kier molecular flexibility index (Phi) is 6.47. The van der Waals surface area contributed by atoms with Crippen molar-refractivity contribution in [1.82, 2.24) is 10.7 Å². The van der Waals surface area contributed by atoms with Crippen molar-refractivity contribution in [1.29, 1.82) is 0 Å². The van der Waals surface area contributed by atoms with E-state index < -0.39 is 11.8 Å². The molecule has 2 rings (SSSR count). The molecule has 130 valence electrons. The van der Waals surface area contributed by atoms with Crippen molar-refractivity contribution in [2.45, 2.75) is 6.61 Å². The molecule has 0 aromatic heterocycles. The Balaban J connectivity index is 2.08. The van der Waals surface area contributed by atoms with Crippen LogP contribution < -0.4 is 15.5 Å². The van der Waals surface area contributed by atoms with Crippen molar-refractivity contribution in [3.8, 4) is 5.75 Å². The number of nitrogens with zero attached hydrogens (tertiary/aromatic N) is 1. The van der Waals surface area contributed by atoms with E-state index in [1.807, 2.05) is 0 Å². The minimum atomic E-state index is -0.900. The smallest absolute Gasteiger partial charge is 0.329 e. The van der Waals surface area contributed by atoms with Gasteiger partial charge in [-0.3, -0.25) is 9.59 Å². The van der Waals surface area contributed by atoms with Crippen molar-refractivity contribution in [2.75, 3.05) is 7.05 Å². The Labute approximate surface area is 148 Å². The summed E-state index contributed by atoms with van der Waals surface area (Å²) in [7, 11) is 1.33. The average molecular weight is 364 g/mol. The molecule has 0 bridgehead atoms. The van der Waals surface area contributed by atoms with E-state index in [9.17, 15) is 14.0 Å². The molecule has 8 heteroatoms. The SMILES string of the molecule is CNC(=O)C(=O)N/N=C\c1cc(Cl)ccc1OCc1cccc(F)c1. The van der Waals surface area contributed by atoms with Crippen LogP contribution in [0.15, 0.2) is 47.6 Å². The highest BCUT2D eigenvalue weighted by Crippen LogP contribution is 2.22. The van der Waals surface area contributed by atoms with Gasteiger partial charge in [-0.15, -0.1) is 0 Å². The summed E-state index contributed by atoms with van der Waals surface area (Å²) < 4.78 is 18.8. The summed E-state index contributed by atoms with van der Waals surface area (Å²) in [6.07, 6.45) is 1.30. The van der Waals surface area contributed by atoms with Crippen LogP contribution in [-0.4, -0.2) is 25.1 Å². The van der Waals surface area contributed by atoms with E-state index in [0.717, 1.165) is 0 Å². The van der Waals surface area contributed by atoms with E-state index in [4.69, 9.17) is 16.3 Å². The molecule has 2 amide bonds. The van der Waals surface area contributed by atoms with Gasteiger partial charge in [0.2, 0.25) is 0 Å². The minimum absolute atomic E-state index is 0.144. The van der Waals surface area contributed by atoms with Gasteiger partial charge >= 0.3 is 11.8 Å². The molecule has 2 aromatic carbocycles. The molecule has 2 N–H and O–H groups in total. The second kappa shape index (κ2) is 8.79. The van der Waals surface area contributed by atoms with Crippen molar-refractivity contribution in [3.05, 3.63) is 64.4 Å². The fourth-order valence-electron chi connectivity index (χ4n) is 1.86. The number of carbonyl (C=O) groups is 2. The Hall–Kier alpha value is -2.93. The summed E-state index contributed by atoms with van der Waals surface area (Å²) in [4.78, 5) is 22.4. The number of rotatable bonds is 5. The van der Waals surface area contributed by atoms with Gasteiger partial charge in [-0.25, -0.2) is 9.82 Å². The first-order valence-corrected chi connectivity index (χ1v) is 7.59. The van der Waals surface area contributed by atoms with E-state index in [1.165, 1.54) is 25.4 Å². The molecule has 0 aliphatic rings. The molecule has 0 heterocycles. The lowest BCUT2D eigenvalue weighted by Gasteiger charge is -2.09. The first-order chi connectivity index (χ1) is 12.0. The fourth-order valence-corrected chi connectivity index (χ4v) is 2.04. The summed E-state index contributed by atoms with van der Waals surface area (Å²) in [6.45, 7) is 0.144. The van der Waals surface area contributed by atoms with Crippen LogP contribution in [-0.2, 0) is 16.2 Å². The molecule has 0 aliphatic carbocycles. The molecule has 0 atom stereocenters. The zero-order valence-electron chi connectivity index (χ0n) is 13.3. The number of nitrogens with one attached hydrogen (secondary N) is 2. The molecule has 0 fully saturated rings. The Bertz CT molecular complexity index is 811. The lowest BCUT2D eigenvalue weighted by Crippen LogP contribution is -2.35. The molecule has 0 spiro atoms. The Morgan fingerprint density at radius 2 is 2.04 bits per heavy atom. The van der Waals surface area contributed by atoms with Crippen LogP contribution >= 0.6 is 11.6 Å². The van der Waals surface area contributed by atoms with E-state index in [2.05, 4.69) is 15.8 Å². The minimum Gasteiger partial charge on any atom is -0.488 e. The number of halogens is 2. The molecule has 0 radical (unpaired) electrons. The molecular weight excluding hydrogens is 349 g/mol. The van der Waals surface area contributed by atoms with Crippen LogP contribution in [0.1, 0.15) is 11.1 Å². The summed E-state index contributed by atoms with van der Waals surface area (Å²) in [6, 6.07) is 10.9. The first kappa shape index (κ1) is 18.4. The maximum absolute atomic E-state index is 13.2. The van der Waals surface area contributed by atoms with Crippen molar-refractivity contribution < 1.29 is 18.7 Å². The number of hydrogen-bond donors (Lipinski definition) is 2. The van der Waals surface area contributed by atoms with Crippen LogP contribution in [0.3, 0.4) is 0 Å². The monoisotopic (exact) mass is 363 g/mol. The van der Waals surface area contributed by atoms with Gasteiger partial charge < -0.3 is 10.1 Å². The Morgan fingerprint density at radius 1 is 1.24 bits per heavy atom. The van der Waals surface area contributed by atoms with Crippen LogP contribution in [0.2, 0.25) is 5.02 Å². The maximum atomic E-state index is 13.2. The van der Waals surface area contributed by atoms with Crippen molar-refractivity contribution in [3.63, 3.8) is 0 Å². The van der Waals surface area contributed by atoms with E-state index in [-0.39, 0.29) is 12.4 Å². The second-order valence-corrected chi connectivity index (χ2v) is 5.32. The van der Waals surface area contributed by atoms with Gasteiger partial charge in [0.05, 0.1) is 6.21 Å². The number of likely N-dealkylation sites (N-methyl/N-ethyl adjacent to an activating group) is 1. The molecule has 0 unspecified atom stereocenters. The summed E-state index contributed by atoms with van der Waals surface area (Å²) in [5, 5.41) is 6.31. The number of hydrazone groups is 1. The highest BCUT2D eigenvalue weighted by atomic mass is 35.5. The van der Waals surface area contributed by atoms with Gasteiger partial charge in [0, 0.05) is 17.6 Å². The van der Waals surface area contributed by atoms with Gasteiger partial charge in [-0.2, -0.15) is 5.10 Å². The summed E-state index contributed by atoms with van der Waals surface area (Å²) >= 11 is 5.95. The number of benzene rings is 2. The summed E-state index contributed by atoms with van der Waals surface area (Å²) in [5.74, 6) is -1.63. The molecule has 6 nitrogen and oxygen atoms in total. The normalized spacial score (nSPS) is 10.5. The van der Waals surface area contributed by atoms with Gasteiger partial charge in [0.25, 0.3) is 0 Å². The number of hydrogen-bond acceptors (Lipinski definition) is 4. The molecule has 2 aromatic rings. The highest BCUT2D eigenvalue weighted by molar-refractivity contribution is 6.35. The van der Waals surface area contributed by atoms with Gasteiger partial charge in [-0.05, 0) is 35.9 Å². The maximum Gasteiger partial charge on any atom is 0.329 e. The zero-order valence-corrected chi connectivity index (χ0v) is 14.0. The number of amides is 2. The van der Waals surface area contributed by atoms with Gasteiger partial charge in [0.15, 0.2) is 0 Å². The van der Waals surface area contributed by atoms with Crippen LogP contribution in [0, 0.1) is 5.82 Å². The average Bonchev–Trinajstić information content (AvgIpc) is 2.60. The predicted molar refractivity (Wildman–Crippen MR) is 92.0 cm³/mol. The third kappa shape index (κ3) is 5.58. The van der Waals surface area contributed by atoms with E-state index >= 15 is 0 Å². The van der Waals surface area contributed by atoms with Gasteiger partial charge in [-0.1, -0.05) is 23.7 Å². The Morgan fingerprint density at radius 3 is 2.76 bits per heavy atom. The third-order valence-electron chi connectivity index (χ3n) is 3.06. The predicted octanol–water partition coefficient (Wildman–Crippen LogP) is 2.25. The molecular formula is C17H15ClFN3O3. The van der Waals surface area contributed by atoms with Crippen LogP contribution in [0.25, 0.3) is 0 Å². The van der Waals surface area contributed by atoms with Crippen LogP contribution in [0.4, 0.5) is 4.39 Å². The first-order valence-electron chi connectivity index (χ1n) is 7.21. The largest absolute Gasteiger partial charge is 0.488 e. The van der Waals surface area contributed by atoms with Gasteiger partial charge in [0.1, 0.15) is 18.2 Å². The topological polar surface area (TPSA) is 79.8 Å². The lowest BCUT2D eigenvalue weighted by atomic mass is 10.2. The fraction of sp³-hybridized carbons (Fsp3) is 0.118. The third-order valence-corrected chi connectivity index (χ3v) is 3.29. The second-order valence-electron chi connectivity index (χ2n) is 4.88. The highest BCUT2D eigenvalue weighted by Gasteiger charge is 2.09. The van der Waals surface area contributed by atoms with E-state index in [0.29, 0.717) is 21.9 Å². The quantitative estimate of drug-likeness (QED) is 0.486. The standard InChI is InChI=1S/C17H15ClFN3O3/c1-20-16(23)17(24)22-21-9-12-8-13(18)5-6-15(12)25-10-11-3-2-4-14(19)7-11/h2-9H,10H2,1H3,(H,20,23)(H,22,24)/b21-9-. The number of ether oxygens (including phenoxy) is 1. The molecule has 0 saturated carbocycles. The van der Waals surface area contributed by atoms with E-state index in [1.54, 1.807) is 30.3 Å². The molecule has 25 heavy (non-hydrogen) atoms. The summed E-state index contributed by atoms with van der Waals surface area (Å²) in [5.41, 5.74) is 3.23.